The zero-order valence-corrected chi connectivity index (χ0v) is 24.9. The number of urea groups is 1. The number of nitrogens with one attached hydrogen (secondary N) is 3. The van der Waals surface area contributed by atoms with Crippen LogP contribution >= 0.6 is 0 Å². The normalized spacial score (nSPS) is 17.8. The Morgan fingerprint density at radius 1 is 0.951 bits per heavy atom. The molecule has 2 amide bonds. The van der Waals surface area contributed by atoms with Gasteiger partial charge >= 0.3 is 6.03 Å². The average molecular weight is 552 g/mol. The molecule has 214 valence electrons. The van der Waals surface area contributed by atoms with Crippen molar-refractivity contribution in [2.75, 3.05) is 30.8 Å². The number of carbonyl (C=O) groups is 1. The molecule has 7 heteroatoms. The van der Waals surface area contributed by atoms with Gasteiger partial charge in [0.2, 0.25) is 0 Å². The third-order valence-corrected chi connectivity index (χ3v) is 7.98. The van der Waals surface area contributed by atoms with Crippen molar-refractivity contribution in [2.24, 2.45) is 0 Å². The van der Waals surface area contributed by atoms with Gasteiger partial charge in [-0.15, -0.1) is 0 Å². The number of nitrogens with zero attached hydrogens (tertiary/aromatic N) is 2. The predicted molar refractivity (Wildman–Crippen MR) is 169 cm³/mol. The van der Waals surface area contributed by atoms with Crippen molar-refractivity contribution in [3.63, 3.8) is 0 Å². The minimum atomic E-state index is -0.324. The monoisotopic (exact) mass is 551 g/mol. The van der Waals surface area contributed by atoms with Gasteiger partial charge in [-0.1, -0.05) is 63.2 Å². The summed E-state index contributed by atoms with van der Waals surface area (Å²) in [6.45, 7) is 13.8. The van der Waals surface area contributed by atoms with Crippen LogP contribution in [0, 0.1) is 0 Å². The molecule has 2 unspecified atom stereocenters. The summed E-state index contributed by atoms with van der Waals surface area (Å²) in [6.07, 6.45) is 1.96. The first-order valence-electron chi connectivity index (χ1n) is 14.3. The molecule has 1 aliphatic heterocycles. The van der Waals surface area contributed by atoms with E-state index in [0.717, 1.165) is 58.5 Å². The fourth-order valence-corrected chi connectivity index (χ4v) is 5.55. The molecule has 0 spiro atoms. The number of anilines is 2. The molecule has 0 saturated carbocycles. The molecule has 0 bridgehead atoms. The Morgan fingerprint density at radius 2 is 1.66 bits per heavy atom. The lowest BCUT2D eigenvalue weighted by Gasteiger charge is -2.39. The summed E-state index contributed by atoms with van der Waals surface area (Å²) in [6, 6.07) is 22.9. The molecule has 5 rings (SSSR count). The van der Waals surface area contributed by atoms with Crippen molar-refractivity contribution in [1.82, 2.24) is 15.2 Å². The molecule has 2 atom stereocenters. The molecule has 7 nitrogen and oxygen atoms in total. The van der Waals surface area contributed by atoms with Gasteiger partial charge in [-0.3, -0.25) is 9.88 Å². The summed E-state index contributed by atoms with van der Waals surface area (Å²) in [4.78, 5) is 20.5. The Morgan fingerprint density at radius 3 is 2.32 bits per heavy atom. The molecule has 1 aromatic heterocycles. The van der Waals surface area contributed by atoms with Crippen LogP contribution in [0.4, 0.5) is 16.2 Å². The molecule has 4 aromatic rings. The topological polar surface area (TPSA) is 78.5 Å². The smallest absolute Gasteiger partial charge is 0.323 e. The second-order valence-corrected chi connectivity index (χ2v) is 12.0. The van der Waals surface area contributed by atoms with Crippen molar-refractivity contribution in [3.05, 3.63) is 84.2 Å². The van der Waals surface area contributed by atoms with E-state index in [1.807, 2.05) is 48.7 Å². The van der Waals surface area contributed by atoms with E-state index in [1.54, 1.807) is 7.11 Å². The number of methoxy groups -OCH3 is 1. The minimum Gasteiger partial charge on any atom is -0.495 e. The fraction of sp³-hybridized carbons (Fsp3) is 0.353. The third kappa shape index (κ3) is 6.37. The first kappa shape index (κ1) is 28.6. The largest absolute Gasteiger partial charge is 0.495 e. The van der Waals surface area contributed by atoms with Crippen LogP contribution in [0.25, 0.3) is 21.9 Å². The van der Waals surface area contributed by atoms with Crippen LogP contribution in [0.3, 0.4) is 0 Å². The number of hydrogen-bond donors (Lipinski definition) is 3. The lowest BCUT2D eigenvalue weighted by atomic mass is 9.87. The van der Waals surface area contributed by atoms with E-state index in [4.69, 9.17) is 9.72 Å². The molecule has 0 radical (unpaired) electrons. The fourth-order valence-electron chi connectivity index (χ4n) is 5.55. The number of amides is 2. The summed E-state index contributed by atoms with van der Waals surface area (Å²) in [5.41, 5.74) is 5.62. The van der Waals surface area contributed by atoms with Gasteiger partial charge in [0.15, 0.2) is 0 Å². The highest BCUT2D eigenvalue weighted by Gasteiger charge is 2.24. The van der Waals surface area contributed by atoms with E-state index in [2.05, 4.69) is 79.7 Å². The highest BCUT2D eigenvalue weighted by Crippen LogP contribution is 2.34. The molecule has 3 N–H and O–H groups in total. The Hall–Kier alpha value is -3.94. The maximum Gasteiger partial charge on any atom is 0.323 e. The summed E-state index contributed by atoms with van der Waals surface area (Å²) in [5.74, 6) is 0.616. The number of aromatic nitrogens is 1. The summed E-state index contributed by atoms with van der Waals surface area (Å²) >= 11 is 0. The Balaban J connectivity index is 1.36. The lowest BCUT2D eigenvalue weighted by Crippen LogP contribution is -2.54. The van der Waals surface area contributed by atoms with Crippen molar-refractivity contribution in [1.29, 1.82) is 0 Å². The third-order valence-electron chi connectivity index (χ3n) is 7.98. The van der Waals surface area contributed by atoms with E-state index in [9.17, 15) is 4.79 Å². The van der Waals surface area contributed by atoms with Crippen LogP contribution < -0.4 is 20.7 Å². The molecule has 1 saturated heterocycles. The Kier molecular flexibility index (Phi) is 8.29. The van der Waals surface area contributed by atoms with Gasteiger partial charge in [-0.2, -0.15) is 0 Å². The molecular formula is C34H41N5O2. The first-order chi connectivity index (χ1) is 19.6. The number of hydrogen-bond acceptors (Lipinski definition) is 5. The minimum absolute atomic E-state index is 0.0554. The second kappa shape index (κ2) is 11.9. The summed E-state index contributed by atoms with van der Waals surface area (Å²) in [7, 11) is 1.61. The van der Waals surface area contributed by atoms with Gasteiger partial charge in [0, 0.05) is 48.9 Å². The number of ether oxygens (including phenoxy) is 1. The molecule has 3 aromatic carbocycles. The van der Waals surface area contributed by atoms with Crippen LogP contribution in [-0.4, -0.2) is 48.2 Å². The van der Waals surface area contributed by atoms with E-state index in [1.165, 1.54) is 0 Å². The van der Waals surface area contributed by atoms with Crippen LogP contribution in [-0.2, 0) is 12.0 Å². The molecule has 41 heavy (non-hydrogen) atoms. The van der Waals surface area contributed by atoms with Crippen molar-refractivity contribution in [3.8, 4) is 16.9 Å². The van der Waals surface area contributed by atoms with E-state index in [-0.39, 0.29) is 11.4 Å². The van der Waals surface area contributed by atoms with Gasteiger partial charge in [0.05, 0.1) is 24.2 Å². The van der Waals surface area contributed by atoms with Gasteiger partial charge in [-0.05, 0) is 60.0 Å². The van der Waals surface area contributed by atoms with Crippen molar-refractivity contribution < 1.29 is 9.53 Å². The van der Waals surface area contributed by atoms with Gasteiger partial charge in [0.25, 0.3) is 0 Å². The average Bonchev–Trinajstić information content (AvgIpc) is 2.95. The maximum absolute atomic E-state index is 13.2. The number of carbonyl (C=O) groups excluding carboxylic acids is 1. The van der Waals surface area contributed by atoms with Crippen molar-refractivity contribution in [2.45, 2.75) is 58.7 Å². The van der Waals surface area contributed by atoms with E-state index >= 15 is 0 Å². The molecule has 1 aliphatic rings. The van der Waals surface area contributed by atoms with Gasteiger partial charge in [-0.25, -0.2) is 4.79 Å². The zero-order valence-electron chi connectivity index (χ0n) is 24.9. The van der Waals surface area contributed by atoms with E-state index < -0.39 is 0 Å². The number of benzene rings is 3. The molecule has 1 fully saturated rings. The highest BCUT2D eigenvalue weighted by molar-refractivity contribution is 6.10. The Labute approximate surface area is 243 Å². The Bertz CT molecular complexity index is 1520. The number of rotatable bonds is 6. The lowest BCUT2D eigenvalue weighted by molar-refractivity contribution is 0.107. The van der Waals surface area contributed by atoms with Crippen LogP contribution in [0.1, 0.15) is 45.9 Å². The summed E-state index contributed by atoms with van der Waals surface area (Å²) in [5, 5.41) is 11.5. The highest BCUT2D eigenvalue weighted by atomic mass is 16.5. The van der Waals surface area contributed by atoms with Crippen LogP contribution in [0.15, 0.2) is 72.9 Å². The number of pyridine rings is 1. The quantitative estimate of drug-likeness (QED) is 0.240. The van der Waals surface area contributed by atoms with E-state index in [0.29, 0.717) is 23.5 Å². The number of fused-ring (bicyclic) bond motifs is 1. The molecule has 0 aliphatic carbocycles. The number of piperazine rings is 1. The van der Waals surface area contributed by atoms with Crippen LogP contribution in [0.5, 0.6) is 5.75 Å². The standard InChI is InChI=1S/C34H41N5O2/c1-22-18-35-19-23(2)39(22)21-26-13-11-24(20-36-26)27-14-15-30(29-10-8-7-9-28(27)29)37-33(40)38-31-17-25(34(3,4)5)12-16-32(31)41-6/h7-17,20,22-23,35H,18-19,21H2,1-6H3,(H2,37,38,40). The summed E-state index contributed by atoms with van der Waals surface area (Å²) < 4.78 is 5.51. The first-order valence-corrected chi connectivity index (χ1v) is 14.3. The van der Waals surface area contributed by atoms with Gasteiger partial charge in [0.1, 0.15) is 5.75 Å². The molecule has 2 heterocycles. The van der Waals surface area contributed by atoms with Crippen molar-refractivity contribution >= 4 is 28.2 Å². The SMILES string of the molecule is COc1ccc(C(C)(C)C)cc1NC(=O)Nc1ccc(-c2ccc(CN3C(C)CNCC3C)nc2)c2ccccc12. The predicted octanol–water partition coefficient (Wildman–Crippen LogP) is 7.03. The second-order valence-electron chi connectivity index (χ2n) is 12.0. The van der Waals surface area contributed by atoms with Gasteiger partial charge < -0.3 is 20.7 Å². The van der Waals surface area contributed by atoms with Crippen LogP contribution in [0.2, 0.25) is 0 Å². The zero-order chi connectivity index (χ0) is 29.1. The maximum atomic E-state index is 13.2. The molecular weight excluding hydrogens is 510 g/mol.